The van der Waals surface area contributed by atoms with Crippen LogP contribution in [0.1, 0.15) is 19.8 Å². The number of allylic oxidation sites excluding steroid dienone is 3. The smallest absolute Gasteiger partial charge is 0.395 e. The van der Waals surface area contributed by atoms with Crippen LogP contribution in [0.4, 0.5) is 14.7 Å². The predicted molar refractivity (Wildman–Crippen MR) is 87.0 cm³/mol. The number of anilines is 1. The van der Waals surface area contributed by atoms with E-state index in [1.807, 2.05) is 0 Å². The molecule has 0 spiro atoms. The second-order valence-electron chi connectivity index (χ2n) is 5.95. The van der Waals surface area contributed by atoms with Gasteiger partial charge in [0.1, 0.15) is 0 Å². The second-order valence-corrected chi connectivity index (χ2v) is 5.95. The number of fused-ring (bicyclic) bond motifs is 2. The van der Waals surface area contributed by atoms with E-state index >= 15 is 0 Å². The molecule has 1 aliphatic heterocycles. The summed E-state index contributed by atoms with van der Waals surface area (Å²) in [5.74, 6) is -0.582. The Bertz CT molecular complexity index is 962. The fourth-order valence-corrected chi connectivity index (χ4v) is 2.83. The van der Waals surface area contributed by atoms with Gasteiger partial charge in [-0.05, 0) is 25.8 Å². The lowest BCUT2D eigenvalue weighted by atomic mass is 9.97. The van der Waals surface area contributed by atoms with E-state index in [-0.39, 0.29) is 29.1 Å². The van der Waals surface area contributed by atoms with Crippen LogP contribution in [0.25, 0.3) is 11.0 Å². The number of aromatic amines is 1. The molecule has 1 aromatic heterocycles. The maximum Gasteiger partial charge on any atom is 0.586 e. The molecule has 2 N–H and O–H groups in total. The van der Waals surface area contributed by atoms with Crippen molar-refractivity contribution >= 4 is 28.7 Å². The van der Waals surface area contributed by atoms with Gasteiger partial charge in [0.25, 0.3) is 5.91 Å². The first kappa shape index (κ1) is 16.2. The van der Waals surface area contributed by atoms with E-state index in [2.05, 4.69) is 24.8 Å². The van der Waals surface area contributed by atoms with Crippen molar-refractivity contribution in [1.82, 2.24) is 9.97 Å². The van der Waals surface area contributed by atoms with Gasteiger partial charge in [0.05, 0.1) is 11.0 Å². The van der Waals surface area contributed by atoms with Crippen molar-refractivity contribution in [2.75, 3.05) is 5.32 Å². The SMILES string of the molecule is CC(=O)C1=CCCC(C(=O)Nc2nc3cc4c(cc3[nH]2)OC(F)(F)O4)=C1. The largest absolute Gasteiger partial charge is 0.586 e. The molecular weight excluding hydrogens is 348 g/mol. The highest BCUT2D eigenvalue weighted by molar-refractivity contribution is 6.06. The Balaban J connectivity index is 1.56. The first-order valence-electron chi connectivity index (χ1n) is 7.83. The normalized spacial score (nSPS) is 17.7. The number of ether oxygens (including phenoxy) is 2. The molecule has 0 bridgehead atoms. The van der Waals surface area contributed by atoms with Gasteiger partial charge >= 0.3 is 6.29 Å². The molecule has 0 saturated heterocycles. The van der Waals surface area contributed by atoms with Gasteiger partial charge in [-0.2, -0.15) is 0 Å². The minimum atomic E-state index is -3.70. The minimum Gasteiger partial charge on any atom is -0.395 e. The number of H-pyrrole nitrogens is 1. The number of halogens is 2. The summed E-state index contributed by atoms with van der Waals surface area (Å²) in [5.41, 5.74) is 1.70. The van der Waals surface area contributed by atoms with Crippen LogP contribution in [0.5, 0.6) is 11.5 Å². The molecule has 1 aromatic carbocycles. The van der Waals surface area contributed by atoms with Crippen molar-refractivity contribution in [1.29, 1.82) is 0 Å². The van der Waals surface area contributed by atoms with Crippen LogP contribution in [0.2, 0.25) is 0 Å². The zero-order valence-electron chi connectivity index (χ0n) is 13.6. The third-order valence-corrected chi connectivity index (χ3v) is 4.04. The van der Waals surface area contributed by atoms with Gasteiger partial charge < -0.3 is 14.5 Å². The summed E-state index contributed by atoms with van der Waals surface area (Å²) in [5, 5.41) is 2.61. The van der Waals surface area contributed by atoms with E-state index in [4.69, 9.17) is 0 Å². The molecular formula is C17H13F2N3O4. The molecule has 134 valence electrons. The number of aromatic nitrogens is 2. The molecule has 0 saturated carbocycles. The molecule has 2 aromatic rings. The van der Waals surface area contributed by atoms with Crippen molar-refractivity contribution in [3.8, 4) is 11.5 Å². The molecule has 1 amide bonds. The maximum absolute atomic E-state index is 13.1. The van der Waals surface area contributed by atoms with E-state index < -0.39 is 6.29 Å². The highest BCUT2D eigenvalue weighted by Gasteiger charge is 2.43. The van der Waals surface area contributed by atoms with Crippen LogP contribution < -0.4 is 14.8 Å². The quantitative estimate of drug-likeness (QED) is 0.876. The summed E-state index contributed by atoms with van der Waals surface area (Å²) in [4.78, 5) is 30.8. The molecule has 0 unspecified atom stereocenters. The molecule has 2 heterocycles. The number of benzene rings is 1. The fourth-order valence-electron chi connectivity index (χ4n) is 2.83. The summed E-state index contributed by atoms with van der Waals surface area (Å²) in [6, 6.07) is 2.62. The third kappa shape index (κ3) is 2.92. The van der Waals surface area contributed by atoms with Crippen molar-refractivity contribution in [2.45, 2.75) is 26.1 Å². The molecule has 9 heteroatoms. The Hall–Kier alpha value is -3.23. The van der Waals surface area contributed by atoms with Gasteiger partial charge in [-0.25, -0.2) is 4.98 Å². The summed E-state index contributed by atoms with van der Waals surface area (Å²) in [6.07, 6.45) is 0.755. The topological polar surface area (TPSA) is 93.3 Å². The van der Waals surface area contributed by atoms with E-state index in [1.165, 1.54) is 19.1 Å². The zero-order valence-corrected chi connectivity index (χ0v) is 13.6. The number of nitrogens with one attached hydrogen (secondary N) is 2. The number of amides is 1. The van der Waals surface area contributed by atoms with Gasteiger partial charge in [0.2, 0.25) is 5.95 Å². The lowest BCUT2D eigenvalue weighted by molar-refractivity contribution is -0.286. The van der Waals surface area contributed by atoms with E-state index in [0.29, 0.717) is 35.0 Å². The lowest BCUT2D eigenvalue weighted by Gasteiger charge is -2.11. The number of carbonyl (C=O) groups is 2. The summed E-state index contributed by atoms with van der Waals surface area (Å²) < 4.78 is 34.9. The molecule has 4 rings (SSSR count). The standard InChI is InChI=1S/C17H13F2N3O4/c1-8(23)9-3-2-4-10(5-9)15(24)22-16-20-11-6-13-14(7-12(11)21-16)26-17(18,19)25-13/h3,5-7H,2,4H2,1H3,(H2,20,21,22,24). The Kier molecular flexibility index (Phi) is 3.53. The number of imidazole rings is 1. The van der Waals surface area contributed by atoms with E-state index in [1.54, 1.807) is 12.2 Å². The predicted octanol–water partition coefficient (Wildman–Crippen LogP) is 3.06. The Labute approximate surface area is 145 Å². The number of Topliss-reactive ketones (excluding diaryl/α,β-unsaturated/α-hetero) is 1. The number of hydrogen-bond donors (Lipinski definition) is 2. The number of rotatable bonds is 3. The molecule has 0 fully saturated rings. The molecule has 7 nitrogen and oxygen atoms in total. The van der Waals surface area contributed by atoms with Gasteiger partial charge in [-0.3, -0.25) is 14.9 Å². The minimum absolute atomic E-state index is 0.106. The highest BCUT2D eigenvalue weighted by atomic mass is 19.3. The fraction of sp³-hybridized carbons (Fsp3) is 0.235. The number of hydrogen-bond acceptors (Lipinski definition) is 5. The van der Waals surface area contributed by atoms with Crippen LogP contribution in [0, 0.1) is 0 Å². The number of carbonyl (C=O) groups excluding carboxylic acids is 2. The van der Waals surface area contributed by atoms with Crippen LogP contribution in [0.3, 0.4) is 0 Å². The number of nitrogens with zero attached hydrogens (tertiary/aromatic N) is 1. The first-order valence-corrected chi connectivity index (χ1v) is 7.83. The van der Waals surface area contributed by atoms with Crippen molar-refractivity contribution in [2.24, 2.45) is 0 Å². The average Bonchev–Trinajstić information content (AvgIpc) is 3.09. The van der Waals surface area contributed by atoms with Gasteiger partial charge in [-0.15, -0.1) is 8.78 Å². The Morgan fingerprint density at radius 1 is 1.27 bits per heavy atom. The van der Waals surface area contributed by atoms with Gasteiger partial charge in [-0.1, -0.05) is 6.08 Å². The van der Waals surface area contributed by atoms with Crippen LogP contribution in [-0.4, -0.2) is 28.0 Å². The molecule has 0 atom stereocenters. The number of alkyl halides is 2. The summed E-state index contributed by atoms with van der Waals surface area (Å²) >= 11 is 0. The van der Waals surface area contributed by atoms with Gasteiger partial charge in [0, 0.05) is 23.3 Å². The first-order chi connectivity index (χ1) is 12.3. The molecule has 0 radical (unpaired) electrons. The van der Waals surface area contributed by atoms with E-state index in [0.717, 1.165) is 0 Å². The Morgan fingerprint density at radius 3 is 2.73 bits per heavy atom. The summed E-state index contributed by atoms with van der Waals surface area (Å²) in [7, 11) is 0. The van der Waals surface area contributed by atoms with Crippen molar-refractivity contribution in [3.05, 3.63) is 35.4 Å². The van der Waals surface area contributed by atoms with Crippen LogP contribution in [0.15, 0.2) is 35.4 Å². The van der Waals surface area contributed by atoms with Crippen LogP contribution in [-0.2, 0) is 9.59 Å². The van der Waals surface area contributed by atoms with Crippen LogP contribution >= 0.6 is 0 Å². The molecule has 26 heavy (non-hydrogen) atoms. The zero-order chi connectivity index (χ0) is 18.5. The highest BCUT2D eigenvalue weighted by Crippen LogP contribution is 2.42. The third-order valence-electron chi connectivity index (χ3n) is 4.04. The number of ketones is 1. The Morgan fingerprint density at radius 2 is 2.00 bits per heavy atom. The molecule has 2 aliphatic rings. The van der Waals surface area contributed by atoms with Gasteiger partial charge in [0.15, 0.2) is 17.3 Å². The average molecular weight is 361 g/mol. The monoisotopic (exact) mass is 361 g/mol. The second kappa shape index (κ2) is 5.65. The van der Waals surface area contributed by atoms with E-state index in [9.17, 15) is 18.4 Å². The maximum atomic E-state index is 13.1. The van der Waals surface area contributed by atoms with Crippen molar-refractivity contribution < 1.29 is 27.8 Å². The molecule has 1 aliphatic carbocycles. The van der Waals surface area contributed by atoms with Crippen molar-refractivity contribution in [3.63, 3.8) is 0 Å². The lowest BCUT2D eigenvalue weighted by Crippen LogP contribution is -2.25. The summed E-state index contributed by atoms with van der Waals surface area (Å²) in [6.45, 7) is 1.44.